The number of carbonyl (C=O) groups is 1. The number of rotatable bonds is 6. The first-order valence-corrected chi connectivity index (χ1v) is 6.18. The second-order valence-corrected chi connectivity index (χ2v) is 4.17. The predicted octanol–water partition coefficient (Wildman–Crippen LogP) is 1.39. The van der Waals surface area contributed by atoms with Gasteiger partial charge in [0.15, 0.2) is 6.61 Å². The van der Waals surface area contributed by atoms with Crippen LogP contribution >= 0.6 is 0 Å². The highest BCUT2D eigenvalue weighted by Gasteiger charge is 2.03. The molecular weight excluding hydrogens is 242 g/mol. The van der Waals surface area contributed by atoms with E-state index in [4.69, 9.17) is 4.74 Å². The minimum absolute atomic E-state index is 0.0317. The van der Waals surface area contributed by atoms with E-state index in [1.165, 1.54) is 0 Å². The summed E-state index contributed by atoms with van der Waals surface area (Å²) in [7, 11) is 0. The first-order chi connectivity index (χ1) is 9.25. The lowest BCUT2D eigenvalue weighted by atomic mass is 10.2. The largest absolute Gasteiger partial charge is 0.484 e. The van der Waals surface area contributed by atoms with Crippen molar-refractivity contribution in [2.75, 3.05) is 13.2 Å². The molecule has 2 aromatic rings. The van der Waals surface area contributed by atoms with Crippen LogP contribution in [-0.4, -0.2) is 28.8 Å². The Bertz CT molecular complexity index is 523. The van der Waals surface area contributed by atoms with Gasteiger partial charge in [-0.1, -0.05) is 18.2 Å². The molecule has 0 fully saturated rings. The molecule has 19 heavy (non-hydrogen) atoms. The molecule has 1 aromatic carbocycles. The van der Waals surface area contributed by atoms with Crippen LogP contribution < -0.4 is 10.1 Å². The minimum Gasteiger partial charge on any atom is -0.484 e. The predicted molar refractivity (Wildman–Crippen MR) is 71.9 cm³/mol. The molecule has 1 N–H and O–H groups in total. The van der Waals surface area contributed by atoms with E-state index >= 15 is 0 Å². The van der Waals surface area contributed by atoms with E-state index < -0.39 is 0 Å². The van der Waals surface area contributed by atoms with Crippen molar-refractivity contribution in [2.24, 2.45) is 0 Å². The summed E-state index contributed by atoms with van der Waals surface area (Å²) in [4.78, 5) is 11.6. The summed E-state index contributed by atoms with van der Waals surface area (Å²) >= 11 is 0. The third-order valence-electron chi connectivity index (χ3n) is 2.67. The van der Waals surface area contributed by atoms with Crippen LogP contribution in [0.2, 0.25) is 0 Å². The molecule has 0 saturated heterocycles. The van der Waals surface area contributed by atoms with Crippen LogP contribution in [-0.2, 0) is 11.3 Å². The molecule has 0 aliphatic heterocycles. The van der Waals surface area contributed by atoms with Crippen molar-refractivity contribution in [2.45, 2.75) is 13.5 Å². The quantitative estimate of drug-likeness (QED) is 0.852. The average Bonchev–Trinajstić information content (AvgIpc) is 2.91. The van der Waals surface area contributed by atoms with E-state index in [9.17, 15) is 4.79 Å². The molecule has 0 aliphatic carbocycles. The maximum Gasteiger partial charge on any atom is 0.258 e. The maximum absolute atomic E-state index is 11.6. The summed E-state index contributed by atoms with van der Waals surface area (Å²) in [6.07, 6.45) is 3.57. The molecule has 0 radical (unpaired) electrons. The van der Waals surface area contributed by atoms with Crippen LogP contribution in [0.15, 0.2) is 42.7 Å². The molecule has 0 unspecified atom stereocenters. The van der Waals surface area contributed by atoms with Crippen molar-refractivity contribution in [1.82, 2.24) is 15.1 Å². The van der Waals surface area contributed by atoms with Crippen molar-refractivity contribution in [3.8, 4) is 5.75 Å². The van der Waals surface area contributed by atoms with Crippen LogP contribution in [0.4, 0.5) is 0 Å². The zero-order chi connectivity index (χ0) is 13.5. The lowest BCUT2D eigenvalue weighted by Gasteiger charge is -2.09. The highest BCUT2D eigenvalue weighted by atomic mass is 16.5. The highest BCUT2D eigenvalue weighted by Crippen LogP contribution is 2.15. The van der Waals surface area contributed by atoms with E-state index in [1.807, 2.05) is 43.5 Å². The fourth-order valence-corrected chi connectivity index (χ4v) is 1.66. The lowest BCUT2D eigenvalue weighted by Crippen LogP contribution is -2.31. The van der Waals surface area contributed by atoms with Crippen molar-refractivity contribution in [1.29, 1.82) is 0 Å². The van der Waals surface area contributed by atoms with Gasteiger partial charge in [0, 0.05) is 18.9 Å². The number of nitrogens with zero attached hydrogens (tertiary/aromatic N) is 2. The molecule has 0 saturated carbocycles. The molecular formula is C14H17N3O2. The second kappa shape index (κ2) is 6.58. The van der Waals surface area contributed by atoms with Gasteiger partial charge in [0.25, 0.3) is 5.91 Å². The van der Waals surface area contributed by atoms with Crippen molar-refractivity contribution in [3.05, 3.63) is 48.3 Å². The molecule has 1 amide bonds. The first-order valence-electron chi connectivity index (χ1n) is 6.18. The molecule has 1 heterocycles. The number of carbonyl (C=O) groups excluding carboxylic acids is 1. The molecule has 1 aromatic heterocycles. The molecule has 5 nitrogen and oxygen atoms in total. The molecule has 5 heteroatoms. The number of para-hydroxylation sites is 1. The van der Waals surface area contributed by atoms with E-state index in [1.54, 1.807) is 10.9 Å². The summed E-state index contributed by atoms with van der Waals surface area (Å²) in [6.45, 7) is 3.18. The van der Waals surface area contributed by atoms with E-state index in [2.05, 4.69) is 10.4 Å². The minimum atomic E-state index is -0.129. The van der Waals surface area contributed by atoms with E-state index in [0.717, 1.165) is 11.3 Å². The normalized spacial score (nSPS) is 10.2. The Morgan fingerprint density at radius 3 is 2.95 bits per heavy atom. The summed E-state index contributed by atoms with van der Waals surface area (Å²) < 4.78 is 7.22. The zero-order valence-corrected chi connectivity index (χ0v) is 10.9. The number of aromatic nitrogens is 2. The van der Waals surface area contributed by atoms with Crippen LogP contribution in [0.3, 0.4) is 0 Å². The lowest BCUT2D eigenvalue weighted by molar-refractivity contribution is -0.123. The maximum atomic E-state index is 11.6. The van der Waals surface area contributed by atoms with Gasteiger partial charge in [0.05, 0.1) is 6.54 Å². The van der Waals surface area contributed by atoms with Gasteiger partial charge in [-0.25, -0.2) is 0 Å². The Labute approximate surface area is 112 Å². The van der Waals surface area contributed by atoms with Gasteiger partial charge in [-0.05, 0) is 24.6 Å². The van der Waals surface area contributed by atoms with Gasteiger partial charge < -0.3 is 10.1 Å². The van der Waals surface area contributed by atoms with Gasteiger partial charge in [0.2, 0.25) is 0 Å². The van der Waals surface area contributed by atoms with Crippen molar-refractivity contribution >= 4 is 5.91 Å². The number of ether oxygens (including phenoxy) is 1. The molecule has 0 spiro atoms. The number of amides is 1. The smallest absolute Gasteiger partial charge is 0.258 e. The third kappa shape index (κ3) is 4.13. The second-order valence-electron chi connectivity index (χ2n) is 4.17. The zero-order valence-electron chi connectivity index (χ0n) is 10.9. The number of hydrogen-bond acceptors (Lipinski definition) is 3. The third-order valence-corrected chi connectivity index (χ3v) is 2.67. The number of hydrogen-bond donors (Lipinski definition) is 1. The summed E-state index contributed by atoms with van der Waals surface area (Å²) in [5, 5.41) is 6.84. The molecule has 0 aliphatic rings. The molecule has 0 atom stereocenters. The Morgan fingerprint density at radius 1 is 1.37 bits per heavy atom. The van der Waals surface area contributed by atoms with Crippen molar-refractivity contribution < 1.29 is 9.53 Å². The fraction of sp³-hybridized carbons (Fsp3) is 0.286. The SMILES string of the molecule is Cc1ccccc1OCC(=O)NCCn1cccn1. The van der Waals surface area contributed by atoms with Crippen LogP contribution in [0.1, 0.15) is 5.56 Å². The monoisotopic (exact) mass is 259 g/mol. The van der Waals surface area contributed by atoms with Gasteiger partial charge in [-0.15, -0.1) is 0 Å². The Morgan fingerprint density at radius 2 is 2.21 bits per heavy atom. The summed E-state index contributed by atoms with van der Waals surface area (Å²) in [5.74, 6) is 0.611. The number of nitrogens with one attached hydrogen (secondary N) is 1. The van der Waals surface area contributed by atoms with Gasteiger partial charge >= 0.3 is 0 Å². The van der Waals surface area contributed by atoms with Crippen LogP contribution in [0.5, 0.6) is 5.75 Å². The van der Waals surface area contributed by atoms with Gasteiger partial charge in [-0.3, -0.25) is 9.48 Å². The molecule has 0 bridgehead atoms. The number of benzene rings is 1. The Hall–Kier alpha value is -2.30. The van der Waals surface area contributed by atoms with E-state index in [-0.39, 0.29) is 12.5 Å². The molecule has 100 valence electrons. The van der Waals surface area contributed by atoms with Crippen LogP contribution in [0, 0.1) is 6.92 Å². The average molecular weight is 259 g/mol. The molecule has 2 rings (SSSR count). The van der Waals surface area contributed by atoms with Crippen molar-refractivity contribution in [3.63, 3.8) is 0 Å². The standard InChI is InChI=1S/C14H17N3O2/c1-12-5-2-3-6-13(12)19-11-14(18)15-8-10-17-9-4-7-16-17/h2-7,9H,8,10-11H2,1H3,(H,15,18). The van der Waals surface area contributed by atoms with Gasteiger partial charge in [0.1, 0.15) is 5.75 Å². The summed E-state index contributed by atoms with van der Waals surface area (Å²) in [6, 6.07) is 9.48. The fourth-order valence-electron chi connectivity index (χ4n) is 1.66. The topological polar surface area (TPSA) is 56.1 Å². The Balaban J connectivity index is 1.69. The highest BCUT2D eigenvalue weighted by molar-refractivity contribution is 5.77. The first kappa shape index (κ1) is 13.1. The summed E-state index contributed by atoms with van der Waals surface area (Å²) in [5.41, 5.74) is 1.02. The Kier molecular flexibility index (Phi) is 4.55. The van der Waals surface area contributed by atoms with Crippen LogP contribution in [0.25, 0.3) is 0 Å². The number of aryl methyl sites for hydroxylation is 1. The van der Waals surface area contributed by atoms with E-state index in [0.29, 0.717) is 13.1 Å². The van der Waals surface area contributed by atoms with Gasteiger partial charge in [-0.2, -0.15) is 5.10 Å².